The largest absolute Gasteiger partial charge is 0.478 e. The van der Waals surface area contributed by atoms with Crippen LogP contribution in [-0.4, -0.2) is 12.0 Å². The highest BCUT2D eigenvalue weighted by Crippen LogP contribution is 2.23. The van der Waals surface area contributed by atoms with Gasteiger partial charge < -0.3 is 4.74 Å². The van der Waals surface area contributed by atoms with Crippen LogP contribution >= 0.6 is 15.9 Å². The highest BCUT2D eigenvalue weighted by Gasteiger charge is 2.15. The molecule has 0 aromatic heterocycles. The van der Waals surface area contributed by atoms with Crippen LogP contribution < -0.4 is 16.0 Å². The van der Waals surface area contributed by atoms with Crippen LogP contribution in [-0.2, 0) is 4.79 Å². The topological polar surface area (TPSA) is 64.3 Å². The van der Waals surface area contributed by atoms with Crippen LogP contribution in [0.1, 0.15) is 6.92 Å². The molecule has 1 amide bonds. The van der Waals surface area contributed by atoms with E-state index in [4.69, 9.17) is 10.6 Å². The van der Waals surface area contributed by atoms with Crippen LogP contribution in [0.3, 0.4) is 0 Å². The van der Waals surface area contributed by atoms with Crippen LogP contribution in [0.25, 0.3) is 0 Å². The molecule has 1 rings (SSSR count). The van der Waals surface area contributed by atoms with Gasteiger partial charge in [0.2, 0.25) is 0 Å². The van der Waals surface area contributed by atoms with Gasteiger partial charge in [-0.25, -0.2) is 10.2 Å². The third-order valence-corrected chi connectivity index (χ3v) is 2.20. The number of rotatable bonds is 3. The van der Waals surface area contributed by atoms with Crippen LogP contribution in [0, 0.1) is 5.82 Å². The van der Waals surface area contributed by atoms with Gasteiger partial charge in [0.05, 0.1) is 0 Å². The molecule has 1 unspecified atom stereocenters. The normalized spacial score (nSPS) is 12.0. The highest BCUT2D eigenvalue weighted by atomic mass is 79.9. The number of ether oxygens (including phenoxy) is 1. The molecule has 0 saturated heterocycles. The molecule has 0 bridgehead atoms. The summed E-state index contributed by atoms with van der Waals surface area (Å²) < 4.78 is 18.9. The minimum absolute atomic E-state index is 0.000440. The smallest absolute Gasteiger partial charge is 0.274 e. The van der Waals surface area contributed by atoms with Gasteiger partial charge >= 0.3 is 0 Å². The molecule has 0 aliphatic rings. The molecule has 15 heavy (non-hydrogen) atoms. The quantitative estimate of drug-likeness (QED) is 0.498. The first kappa shape index (κ1) is 11.9. The van der Waals surface area contributed by atoms with E-state index in [-0.39, 0.29) is 5.75 Å². The fraction of sp³-hybridized carbons (Fsp3) is 0.222. The SMILES string of the molecule is CC(Oc1cc(Br)ccc1F)C(=O)NN. The lowest BCUT2D eigenvalue weighted by Gasteiger charge is -2.13. The van der Waals surface area contributed by atoms with E-state index < -0.39 is 17.8 Å². The summed E-state index contributed by atoms with van der Waals surface area (Å²) in [6.07, 6.45) is -0.848. The van der Waals surface area contributed by atoms with Gasteiger partial charge in [0.25, 0.3) is 5.91 Å². The number of hydrogen-bond acceptors (Lipinski definition) is 3. The van der Waals surface area contributed by atoms with Crippen molar-refractivity contribution in [1.82, 2.24) is 5.43 Å². The average molecular weight is 277 g/mol. The van der Waals surface area contributed by atoms with Gasteiger partial charge in [-0.05, 0) is 25.1 Å². The molecule has 4 nitrogen and oxygen atoms in total. The van der Waals surface area contributed by atoms with Gasteiger partial charge in [0, 0.05) is 4.47 Å². The Bertz CT molecular complexity index is 373. The molecule has 0 spiro atoms. The standard InChI is InChI=1S/C9H10BrFN2O2/c1-5(9(14)13-12)15-8-4-6(10)2-3-7(8)11/h2-5H,12H2,1H3,(H,13,14). The Morgan fingerprint density at radius 2 is 2.33 bits per heavy atom. The van der Waals surface area contributed by atoms with E-state index in [9.17, 15) is 9.18 Å². The van der Waals surface area contributed by atoms with E-state index in [2.05, 4.69) is 15.9 Å². The highest BCUT2D eigenvalue weighted by molar-refractivity contribution is 9.10. The van der Waals surface area contributed by atoms with Crippen molar-refractivity contribution in [2.75, 3.05) is 0 Å². The number of benzene rings is 1. The number of hydrazine groups is 1. The monoisotopic (exact) mass is 276 g/mol. The van der Waals surface area contributed by atoms with E-state index in [1.165, 1.54) is 25.1 Å². The third-order valence-electron chi connectivity index (χ3n) is 1.71. The van der Waals surface area contributed by atoms with Crippen molar-refractivity contribution in [2.24, 2.45) is 5.84 Å². The Labute approximate surface area is 94.7 Å². The number of halogens is 2. The molecule has 1 aromatic rings. The van der Waals surface area contributed by atoms with Crippen LogP contribution in [0.2, 0.25) is 0 Å². The number of amides is 1. The molecular formula is C9H10BrFN2O2. The van der Waals surface area contributed by atoms with Crippen molar-refractivity contribution in [1.29, 1.82) is 0 Å². The van der Waals surface area contributed by atoms with E-state index >= 15 is 0 Å². The molecule has 3 N–H and O–H groups in total. The Balaban J connectivity index is 2.80. The maximum Gasteiger partial charge on any atom is 0.274 e. The van der Waals surface area contributed by atoms with Crippen molar-refractivity contribution in [2.45, 2.75) is 13.0 Å². The first-order valence-corrected chi connectivity index (χ1v) is 4.96. The molecule has 0 aliphatic heterocycles. The number of hydrogen-bond donors (Lipinski definition) is 2. The molecule has 1 atom stereocenters. The van der Waals surface area contributed by atoms with Crippen molar-refractivity contribution < 1.29 is 13.9 Å². The second-order valence-electron chi connectivity index (χ2n) is 2.84. The summed E-state index contributed by atoms with van der Waals surface area (Å²) in [4.78, 5) is 11.0. The maximum atomic E-state index is 13.2. The van der Waals surface area contributed by atoms with Gasteiger partial charge in [-0.1, -0.05) is 15.9 Å². The van der Waals surface area contributed by atoms with Crippen LogP contribution in [0.15, 0.2) is 22.7 Å². The molecule has 0 heterocycles. The van der Waals surface area contributed by atoms with Crippen molar-refractivity contribution >= 4 is 21.8 Å². The maximum absolute atomic E-state index is 13.2. The summed E-state index contributed by atoms with van der Waals surface area (Å²) in [6.45, 7) is 1.47. The molecule has 82 valence electrons. The predicted octanol–water partition coefficient (Wildman–Crippen LogP) is 1.35. The number of carbonyl (C=O) groups is 1. The Morgan fingerprint density at radius 3 is 2.93 bits per heavy atom. The fourth-order valence-electron chi connectivity index (χ4n) is 0.929. The predicted molar refractivity (Wildman–Crippen MR) is 56.5 cm³/mol. The Hall–Kier alpha value is -1.14. The lowest BCUT2D eigenvalue weighted by Crippen LogP contribution is -2.40. The number of carbonyl (C=O) groups excluding carboxylic acids is 1. The third kappa shape index (κ3) is 3.17. The molecule has 6 heteroatoms. The molecule has 1 aromatic carbocycles. The van der Waals surface area contributed by atoms with Crippen molar-refractivity contribution in [3.05, 3.63) is 28.5 Å². The van der Waals surface area contributed by atoms with Gasteiger partial charge in [0.1, 0.15) is 0 Å². The zero-order valence-corrected chi connectivity index (χ0v) is 9.55. The van der Waals surface area contributed by atoms with Gasteiger partial charge in [-0.2, -0.15) is 0 Å². The van der Waals surface area contributed by atoms with Gasteiger partial charge in [-0.3, -0.25) is 10.2 Å². The van der Waals surface area contributed by atoms with E-state index in [1.807, 2.05) is 5.43 Å². The lowest BCUT2D eigenvalue weighted by atomic mass is 10.3. The molecule has 0 aliphatic carbocycles. The molecule has 0 radical (unpaired) electrons. The van der Waals surface area contributed by atoms with E-state index in [1.54, 1.807) is 0 Å². The first-order chi connectivity index (χ1) is 7.04. The molecular weight excluding hydrogens is 267 g/mol. The zero-order chi connectivity index (χ0) is 11.4. The first-order valence-electron chi connectivity index (χ1n) is 4.16. The Kier molecular flexibility index (Phi) is 4.05. The summed E-state index contributed by atoms with van der Waals surface area (Å²) in [5.74, 6) is 3.86. The summed E-state index contributed by atoms with van der Waals surface area (Å²) in [7, 11) is 0. The number of nitrogens with two attached hydrogens (primary N) is 1. The van der Waals surface area contributed by atoms with E-state index in [0.29, 0.717) is 4.47 Å². The average Bonchev–Trinajstić information content (AvgIpc) is 2.22. The van der Waals surface area contributed by atoms with Crippen molar-refractivity contribution in [3.63, 3.8) is 0 Å². The van der Waals surface area contributed by atoms with Gasteiger partial charge in [-0.15, -0.1) is 0 Å². The van der Waals surface area contributed by atoms with Crippen molar-refractivity contribution in [3.8, 4) is 5.75 Å². The zero-order valence-electron chi connectivity index (χ0n) is 7.96. The summed E-state index contributed by atoms with van der Waals surface area (Å²) in [5.41, 5.74) is 1.92. The van der Waals surface area contributed by atoms with Gasteiger partial charge in [0.15, 0.2) is 17.7 Å². The molecule has 0 fully saturated rings. The second-order valence-corrected chi connectivity index (χ2v) is 3.76. The fourth-order valence-corrected chi connectivity index (χ4v) is 1.27. The minimum atomic E-state index is -0.848. The molecule has 0 saturated carbocycles. The number of nitrogens with one attached hydrogen (secondary N) is 1. The summed E-state index contributed by atoms with van der Waals surface area (Å²) in [6, 6.07) is 4.22. The summed E-state index contributed by atoms with van der Waals surface area (Å²) in [5, 5.41) is 0. The Morgan fingerprint density at radius 1 is 1.67 bits per heavy atom. The summed E-state index contributed by atoms with van der Waals surface area (Å²) >= 11 is 3.17. The minimum Gasteiger partial charge on any atom is -0.478 e. The second kappa shape index (κ2) is 5.09. The lowest BCUT2D eigenvalue weighted by molar-refractivity contribution is -0.127. The van der Waals surface area contributed by atoms with Crippen LogP contribution in [0.5, 0.6) is 5.75 Å². The van der Waals surface area contributed by atoms with Crippen LogP contribution in [0.4, 0.5) is 4.39 Å². The van der Waals surface area contributed by atoms with E-state index in [0.717, 1.165) is 0 Å².